The molecule has 0 radical (unpaired) electrons. The first-order chi connectivity index (χ1) is 6.52. The Balaban J connectivity index is 2.22. The van der Waals surface area contributed by atoms with Crippen LogP contribution in [0.5, 0.6) is 0 Å². The molecule has 1 heterocycles. The van der Waals surface area contributed by atoms with Crippen molar-refractivity contribution in [2.24, 2.45) is 5.73 Å². The minimum Gasteiger partial charge on any atom is -0.370 e. The van der Waals surface area contributed by atoms with Gasteiger partial charge in [-0.1, -0.05) is 0 Å². The van der Waals surface area contributed by atoms with Crippen LogP contribution >= 0.6 is 0 Å². The Hall–Kier alpha value is -0.620. The van der Waals surface area contributed by atoms with Crippen molar-refractivity contribution in [1.29, 1.82) is 0 Å². The van der Waals surface area contributed by atoms with Crippen LogP contribution in [0.25, 0.3) is 0 Å². The largest absolute Gasteiger partial charge is 0.370 e. The minimum absolute atomic E-state index is 0.257. The van der Waals surface area contributed by atoms with Gasteiger partial charge in [0.2, 0.25) is 5.91 Å². The zero-order chi connectivity index (χ0) is 10.6. The molecule has 5 nitrogen and oxygen atoms in total. The molecule has 1 atom stereocenters. The summed E-state index contributed by atoms with van der Waals surface area (Å²) in [4.78, 5) is 10.4. The fraction of sp³-hybridized carbons (Fsp3) is 0.875. The molecule has 1 aliphatic rings. The molecule has 0 spiro atoms. The van der Waals surface area contributed by atoms with Crippen molar-refractivity contribution in [1.82, 2.24) is 5.32 Å². The van der Waals surface area contributed by atoms with Crippen LogP contribution in [0.1, 0.15) is 19.3 Å². The molecular formula is C8H16N2O3S. The highest BCUT2D eigenvalue weighted by Gasteiger charge is 2.30. The van der Waals surface area contributed by atoms with E-state index in [0.29, 0.717) is 18.8 Å². The van der Waals surface area contributed by atoms with Crippen molar-refractivity contribution < 1.29 is 13.2 Å². The molecule has 0 bridgehead atoms. The third kappa shape index (κ3) is 3.26. The number of nitrogens with two attached hydrogens (primary N) is 1. The average molecular weight is 220 g/mol. The van der Waals surface area contributed by atoms with Crippen molar-refractivity contribution in [3.63, 3.8) is 0 Å². The minimum atomic E-state index is -2.87. The van der Waals surface area contributed by atoms with Crippen LogP contribution in [0.2, 0.25) is 0 Å². The van der Waals surface area contributed by atoms with Crippen molar-refractivity contribution in [3.8, 4) is 0 Å². The molecule has 3 N–H and O–H groups in total. The molecule has 1 amide bonds. The second kappa shape index (κ2) is 4.75. The molecule has 1 rings (SSSR count). The van der Waals surface area contributed by atoms with Crippen LogP contribution in [0.3, 0.4) is 0 Å². The molecule has 1 fully saturated rings. The van der Waals surface area contributed by atoms with Crippen LogP contribution in [0.15, 0.2) is 0 Å². The number of nitrogens with one attached hydrogen (secondary N) is 1. The first kappa shape index (κ1) is 11.5. The molecule has 0 saturated carbocycles. The number of rotatable bonds is 5. The van der Waals surface area contributed by atoms with Crippen LogP contribution in [-0.2, 0) is 14.6 Å². The van der Waals surface area contributed by atoms with Gasteiger partial charge in [0.25, 0.3) is 0 Å². The lowest BCUT2D eigenvalue weighted by Gasteiger charge is -2.09. The smallest absolute Gasteiger partial charge is 0.218 e. The molecule has 0 aromatic carbocycles. The Labute approximate surface area is 84.0 Å². The highest BCUT2D eigenvalue weighted by Crippen LogP contribution is 2.18. The lowest BCUT2D eigenvalue weighted by Crippen LogP contribution is -2.32. The van der Waals surface area contributed by atoms with E-state index in [0.717, 1.165) is 12.8 Å². The standard InChI is InChI=1S/C8H16N2O3S/c9-8(11)3-4-10-6-7-2-1-5-14(7,12)13/h7,10H,1-6H2,(H2,9,11). The van der Waals surface area contributed by atoms with Gasteiger partial charge in [0, 0.05) is 19.5 Å². The van der Waals surface area contributed by atoms with Gasteiger partial charge >= 0.3 is 0 Å². The van der Waals surface area contributed by atoms with E-state index in [1.54, 1.807) is 0 Å². The van der Waals surface area contributed by atoms with E-state index in [1.807, 2.05) is 0 Å². The number of amides is 1. The van der Waals surface area contributed by atoms with Gasteiger partial charge in [-0.25, -0.2) is 8.42 Å². The molecule has 1 unspecified atom stereocenters. The summed E-state index contributed by atoms with van der Waals surface area (Å²) in [7, 11) is -2.87. The van der Waals surface area contributed by atoms with E-state index in [2.05, 4.69) is 5.32 Å². The molecule has 6 heteroatoms. The molecular weight excluding hydrogens is 204 g/mol. The van der Waals surface area contributed by atoms with E-state index in [9.17, 15) is 13.2 Å². The van der Waals surface area contributed by atoms with E-state index in [1.165, 1.54) is 0 Å². The number of carbonyl (C=O) groups excluding carboxylic acids is 1. The van der Waals surface area contributed by atoms with Gasteiger partial charge in [-0.3, -0.25) is 4.79 Å². The maximum absolute atomic E-state index is 11.4. The van der Waals surface area contributed by atoms with E-state index in [-0.39, 0.29) is 17.6 Å². The first-order valence-electron chi connectivity index (χ1n) is 4.73. The van der Waals surface area contributed by atoms with Gasteiger partial charge in [-0.2, -0.15) is 0 Å². The Morgan fingerprint density at radius 1 is 1.50 bits per heavy atom. The predicted molar refractivity (Wildman–Crippen MR) is 53.5 cm³/mol. The van der Waals surface area contributed by atoms with Crippen molar-refractivity contribution in [3.05, 3.63) is 0 Å². The number of sulfone groups is 1. The summed E-state index contributed by atoms with van der Waals surface area (Å²) < 4.78 is 22.7. The maximum atomic E-state index is 11.4. The summed E-state index contributed by atoms with van der Waals surface area (Å²) in [5.41, 5.74) is 4.94. The lowest BCUT2D eigenvalue weighted by molar-refractivity contribution is -0.117. The number of primary amides is 1. The highest BCUT2D eigenvalue weighted by atomic mass is 32.2. The van der Waals surface area contributed by atoms with Crippen LogP contribution in [-0.4, -0.2) is 38.4 Å². The zero-order valence-electron chi connectivity index (χ0n) is 8.03. The van der Waals surface area contributed by atoms with Crippen molar-refractivity contribution in [2.75, 3.05) is 18.8 Å². The van der Waals surface area contributed by atoms with Crippen LogP contribution < -0.4 is 11.1 Å². The monoisotopic (exact) mass is 220 g/mol. The molecule has 14 heavy (non-hydrogen) atoms. The molecule has 82 valence electrons. The number of hydrogen-bond acceptors (Lipinski definition) is 4. The number of hydrogen-bond donors (Lipinski definition) is 2. The van der Waals surface area contributed by atoms with Gasteiger partial charge < -0.3 is 11.1 Å². The summed E-state index contributed by atoms with van der Waals surface area (Å²) in [6, 6.07) is 0. The molecule has 0 aromatic rings. The summed E-state index contributed by atoms with van der Waals surface area (Å²) >= 11 is 0. The maximum Gasteiger partial charge on any atom is 0.218 e. The Morgan fingerprint density at radius 2 is 2.21 bits per heavy atom. The van der Waals surface area contributed by atoms with Crippen LogP contribution in [0.4, 0.5) is 0 Å². The second-order valence-electron chi connectivity index (χ2n) is 3.55. The van der Waals surface area contributed by atoms with E-state index >= 15 is 0 Å². The SMILES string of the molecule is NC(=O)CCNCC1CCCS1(=O)=O. The Morgan fingerprint density at radius 3 is 2.71 bits per heavy atom. The van der Waals surface area contributed by atoms with E-state index in [4.69, 9.17) is 5.73 Å². The van der Waals surface area contributed by atoms with Gasteiger partial charge in [0.05, 0.1) is 11.0 Å². The second-order valence-corrected chi connectivity index (χ2v) is 5.95. The van der Waals surface area contributed by atoms with Gasteiger partial charge in [-0.15, -0.1) is 0 Å². The Bertz CT molecular complexity index is 300. The molecule has 0 aliphatic carbocycles. The summed E-state index contributed by atoms with van der Waals surface area (Å²) in [6.07, 6.45) is 1.74. The predicted octanol–water partition coefficient (Wildman–Crippen LogP) is -0.971. The third-order valence-corrected chi connectivity index (χ3v) is 4.66. The quantitative estimate of drug-likeness (QED) is 0.583. The topological polar surface area (TPSA) is 89.3 Å². The summed E-state index contributed by atoms with van der Waals surface area (Å²) in [5.74, 6) is -0.0680. The summed E-state index contributed by atoms with van der Waals surface area (Å²) in [6.45, 7) is 0.900. The molecule has 1 aliphatic heterocycles. The molecule has 1 saturated heterocycles. The Kier molecular flexibility index (Phi) is 3.88. The fourth-order valence-corrected chi connectivity index (χ4v) is 3.36. The first-order valence-corrected chi connectivity index (χ1v) is 6.44. The van der Waals surface area contributed by atoms with Gasteiger partial charge in [0.1, 0.15) is 0 Å². The third-order valence-electron chi connectivity index (χ3n) is 2.38. The molecule has 0 aromatic heterocycles. The van der Waals surface area contributed by atoms with Gasteiger partial charge in [-0.05, 0) is 12.8 Å². The van der Waals surface area contributed by atoms with Crippen molar-refractivity contribution >= 4 is 15.7 Å². The summed E-state index contributed by atoms with van der Waals surface area (Å²) in [5, 5.41) is 2.67. The van der Waals surface area contributed by atoms with E-state index < -0.39 is 9.84 Å². The van der Waals surface area contributed by atoms with Crippen LogP contribution in [0, 0.1) is 0 Å². The lowest BCUT2D eigenvalue weighted by atomic mass is 10.2. The average Bonchev–Trinajstić information content (AvgIpc) is 2.39. The highest BCUT2D eigenvalue weighted by molar-refractivity contribution is 7.92. The fourth-order valence-electron chi connectivity index (χ4n) is 1.56. The van der Waals surface area contributed by atoms with Gasteiger partial charge in [0.15, 0.2) is 9.84 Å². The zero-order valence-corrected chi connectivity index (χ0v) is 8.85. The number of carbonyl (C=O) groups is 1. The normalized spacial score (nSPS) is 25.0. The van der Waals surface area contributed by atoms with Crippen molar-refractivity contribution in [2.45, 2.75) is 24.5 Å².